The van der Waals surface area contributed by atoms with Crippen molar-refractivity contribution >= 4 is 84.0 Å². The normalized spacial score (nSPS) is 20.3. The number of nitrogens with zero attached hydrogens (tertiary/aromatic N) is 2. The zero-order valence-corrected chi connectivity index (χ0v) is 78.3. The van der Waals surface area contributed by atoms with E-state index in [1.165, 1.54) is 63.2 Å². The number of benzene rings is 4. The quantitative estimate of drug-likeness (QED) is 0.0434. The maximum Gasteiger partial charge on any atom is 0.291 e. The summed E-state index contributed by atoms with van der Waals surface area (Å²) < 4.78 is 8.70. The van der Waals surface area contributed by atoms with Crippen LogP contribution in [0.3, 0.4) is 0 Å². The first kappa shape index (κ1) is 94.9. The van der Waals surface area contributed by atoms with Crippen LogP contribution in [-0.2, 0) is 27.0 Å². The van der Waals surface area contributed by atoms with Gasteiger partial charge in [-0.1, -0.05) is 108 Å². The molecule has 0 atom stereocenters. The Morgan fingerprint density at radius 1 is 0.366 bits per heavy atom. The molecule has 0 saturated heterocycles. The largest absolute Gasteiger partial charge is 0.507 e. The van der Waals surface area contributed by atoms with Gasteiger partial charge in [0.05, 0.1) is 63.6 Å². The minimum atomic E-state index is -1.80. The summed E-state index contributed by atoms with van der Waals surface area (Å²) in [6.45, 7) is 3.66. The van der Waals surface area contributed by atoms with Crippen molar-refractivity contribution in [3.8, 4) is 17.2 Å². The average Bonchev–Trinajstić information content (AvgIpc) is 0.838. The average molecular weight is 1950 g/mol. The van der Waals surface area contributed by atoms with Crippen molar-refractivity contribution in [3.63, 3.8) is 0 Å². The van der Waals surface area contributed by atoms with E-state index in [0.717, 1.165) is 22.4 Å². The molecule has 9 aliphatic rings. The molecule has 9 aliphatic carbocycles. The van der Waals surface area contributed by atoms with Crippen LogP contribution in [0, 0.1) is 82.6 Å². The van der Waals surface area contributed by atoms with Crippen LogP contribution in [-0.4, -0.2) is 88.5 Å². The van der Waals surface area contributed by atoms with E-state index in [4.69, 9.17) is 54.1 Å². The van der Waals surface area contributed by atoms with Crippen molar-refractivity contribution in [3.05, 3.63) is 137 Å². The van der Waals surface area contributed by atoms with E-state index in [0.29, 0.717) is 5.56 Å². The summed E-state index contributed by atoms with van der Waals surface area (Å²) in [5, 5.41) is 18.3. The van der Waals surface area contributed by atoms with Gasteiger partial charge in [-0.05, 0) is 249 Å². The molecule has 0 unspecified atom stereocenters. The summed E-state index contributed by atoms with van der Waals surface area (Å²) in [5.41, 5.74) is 22.5. The first-order chi connectivity index (χ1) is 48.1. The topological polar surface area (TPSA) is 86.1 Å². The standard InChI is InChI=1S/3C18H33P.C9H10O.C7H6N2O.C7H6O.C7H6.CH4.4ClH.2Pr.2Ru/c3*1-4-10-16(11-5-1)19(17-12-6-2-7-13-17)18-14-8-3-9-15-18;1-3-8-6-4-5-7-9(8)10-2;8-9-5-6-3-1-2-4-7(6)10;1-6-4-2-3-5-7(6)8;1-7-5-3-2-4-6-7;;;;;;;;;/h3*16-18H,1-15H2;3-7H,1H2,2H3;1-5,10H;1-5,8H;1-6H;1H4;4*1H;;;;/q;;;;;;;;;;;;;;2*+2/p-1. The Kier molecular flexibility index (Phi) is 54.9. The summed E-state index contributed by atoms with van der Waals surface area (Å²) >= 11 is -3.42. The fourth-order valence-electron chi connectivity index (χ4n) is 18.7. The van der Waals surface area contributed by atoms with Gasteiger partial charge in [-0.3, -0.25) is 0 Å². The van der Waals surface area contributed by atoms with Crippen molar-refractivity contribution in [2.45, 2.75) is 347 Å². The van der Waals surface area contributed by atoms with Crippen LogP contribution in [0.2, 0.25) is 0 Å². The van der Waals surface area contributed by atoms with E-state index in [2.05, 4.69) is 11.4 Å². The number of hydrogen-bond acceptors (Lipinski definition) is 3. The molecule has 16 heteroatoms. The minimum Gasteiger partial charge on any atom is -0.507 e. The van der Waals surface area contributed by atoms with Crippen molar-refractivity contribution in [1.29, 1.82) is 0 Å². The van der Waals surface area contributed by atoms with Gasteiger partial charge in [-0.2, -0.15) is 4.79 Å². The summed E-state index contributed by atoms with van der Waals surface area (Å²) in [6.07, 6.45) is 74.3. The van der Waals surface area contributed by atoms with E-state index in [1.807, 2.05) is 65.3 Å². The van der Waals surface area contributed by atoms with Crippen LogP contribution in [0.4, 0.5) is 0 Å². The molecule has 4 aromatic rings. The van der Waals surface area contributed by atoms with E-state index >= 15 is 0 Å². The van der Waals surface area contributed by atoms with E-state index < -0.39 is 27.0 Å². The first-order valence-electron chi connectivity index (χ1n) is 39.4. The van der Waals surface area contributed by atoms with Crippen LogP contribution in [0.15, 0.2) is 110 Å². The van der Waals surface area contributed by atoms with E-state index in [9.17, 15) is 5.11 Å². The van der Waals surface area contributed by atoms with Gasteiger partial charge in [0.25, 0.3) is 6.21 Å². The summed E-state index contributed by atoms with van der Waals surface area (Å²) in [7, 11) is 24.1. The Morgan fingerprint density at radius 3 is 0.832 bits per heavy atom. The molecule has 0 spiro atoms. The molecule has 0 aromatic heterocycles. The van der Waals surface area contributed by atoms with Gasteiger partial charge in [0.1, 0.15) is 11.5 Å². The third kappa shape index (κ3) is 36.7. The molecule has 9 fully saturated rings. The van der Waals surface area contributed by atoms with Crippen molar-refractivity contribution in [1.82, 2.24) is 0 Å². The van der Waals surface area contributed by atoms with Gasteiger partial charge in [-0.15, -0.1) is 0 Å². The molecule has 4 aromatic carbocycles. The Labute approximate surface area is 713 Å². The monoisotopic (exact) mass is 1950 g/mol. The number of phenolic OH excluding ortho intramolecular Hbond substituents is 2. The van der Waals surface area contributed by atoms with Gasteiger partial charge in [0.2, 0.25) is 0 Å². The molecule has 13 rings (SSSR count). The second-order valence-corrected chi connectivity index (χ2v) is 51.6. The number of halogens is 4. The minimum absolute atomic E-state index is 0. The third-order valence-corrected chi connectivity index (χ3v) is 40.7. The van der Waals surface area contributed by atoms with E-state index in [-0.39, 0.29) is 125 Å². The maximum absolute atomic E-state index is 9.23. The molecule has 0 amide bonds. The summed E-state index contributed by atoms with van der Waals surface area (Å²) in [4.78, 5) is 2.78. The third-order valence-electron chi connectivity index (χ3n) is 23.3. The Bertz CT molecular complexity index is 2620. The van der Waals surface area contributed by atoms with Crippen molar-refractivity contribution in [2.24, 2.45) is 0 Å². The fourth-order valence-corrected chi connectivity index (χ4v) is 38.0. The SMILES string of the molecule is C.C1CCC([PH+](C2CCCCC2)C2CCCCC2)CC1.C1CCC([PH+](C2CCCCC2)C2CCCCC2)CC1.C1CCC([PH+](C2CCCCC2)C2CCCCC2)CC1.C=Cc1ccccc1OC.Oc1ccccc1[CH]=[Ru]([Cl])[Cl].[Cl][Ru]([Cl])=[CH]c1ccccc1.[N-]=[N+]=Cc1ccccc1O.[Pr].[Pr]. The molecule has 9 saturated carbocycles. The molecule has 0 bridgehead atoms. The van der Waals surface area contributed by atoms with Crippen LogP contribution >= 0.6 is 62.5 Å². The number of rotatable bonds is 14. The molecule has 0 aliphatic heterocycles. The zero-order valence-electron chi connectivity index (χ0n) is 61.4. The predicted molar refractivity (Wildman–Crippen MR) is 442 cm³/mol. The molecule has 2 radical (unpaired) electrons. The molecule has 0 heterocycles. The number of aromatic hydroxyl groups is 2. The smallest absolute Gasteiger partial charge is 0.291 e. The van der Waals surface area contributed by atoms with Crippen molar-refractivity contribution < 1.29 is 129 Å². The summed E-state index contributed by atoms with van der Waals surface area (Å²) in [6, 6.07) is 31.3. The van der Waals surface area contributed by atoms with Gasteiger partial charge in [-0.25, -0.2) is 0 Å². The molecule has 101 heavy (non-hydrogen) atoms. The first-order valence-corrected chi connectivity index (χ1v) is 55.5. The summed E-state index contributed by atoms with van der Waals surface area (Å²) in [5.74, 6) is 1.21. The fraction of sp³-hybridized carbons (Fsp3) is 0.659. The number of methoxy groups -OCH3 is 1. The van der Waals surface area contributed by atoms with Crippen molar-refractivity contribution in [2.75, 3.05) is 7.11 Å². The molecule has 5 nitrogen and oxygen atoms in total. The number of phenols is 2. The molecule has 2 N–H and O–H groups in total. The van der Waals surface area contributed by atoms with Crippen LogP contribution in [0.25, 0.3) is 11.6 Å². The van der Waals surface area contributed by atoms with Crippen LogP contribution in [0.1, 0.15) is 319 Å². The molecular formula is C85H134Cl4N2O3P3Pr2Ru2+3. The van der Waals surface area contributed by atoms with Crippen LogP contribution in [0.5, 0.6) is 17.2 Å². The maximum atomic E-state index is 9.23. The Hall–Kier alpha value is 1.56. The Balaban J connectivity index is 0.000000254. The molecular weight excluding hydrogens is 1820 g/mol. The molecule has 564 valence electrons. The van der Waals surface area contributed by atoms with Gasteiger partial charge in [0.15, 0.2) is 0 Å². The number of hydrogen-bond donors (Lipinski definition) is 2. The second-order valence-electron chi connectivity index (χ2n) is 29.8. The van der Waals surface area contributed by atoms with E-state index in [1.54, 1.807) is 343 Å². The van der Waals surface area contributed by atoms with Gasteiger partial charge in [0, 0.05) is 112 Å². The number of para-hydroxylation sites is 3. The van der Waals surface area contributed by atoms with Crippen LogP contribution < -0.4 is 4.74 Å². The predicted octanol–water partition coefficient (Wildman–Crippen LogP) is 27.8. The zero-order chi connectivity index (χ0) is 69.2. The van der Waals surface area contributed by atoms with Gasteiger partial charge >= 0.3 is 152 Å². The Morgan fingerprint density at radius 2 is 0.604 bits per heavy atom. The van der Waals surface area contributed by atoms with Gasteiger partial charge < -0.3 is 15.4 Å². The second kappa shape index (κ2) is 58.4. The number of ether oxygens (including phenoxy) is 1.